The maximum atomic E-state index is 13.1. The van der Waals surface area contributed by atoms with Gasteiger partial charge in [-0.1, -0.05) is 219 Å². The van der Waals surface area contributed by atoms with Crippen molar-refractivity contribution in [3.8, 4) is 0 Å². The van der Waals surface area contributed by atoms with E-state index in [2.05, 4.69) is 38.2 Å². The second kappa shape index (κ2) is 43.7. The molecule has 3 atom stereocenters. The van der Waals surface area contributed by atoms with Crippen molar-refractivity contribution >= 4 is 11.9 Å². The summed E-state index contributed by atoms with van der Waals surface area (Å²) in [5, 5.41) is 23.6. The molecule has 0 saturated heterocycles. The van der Waals surface area contributed by atoms with E-state index >= 15 is 0 Å². The molecule has 0 aliphatic carbocycles. The lowest BCUT2D eigenvalue weighted by Gasteiger charge is -2.24. The molecular formula is C49H95NO5. The normalized spacial score (nSPS) is 13.3. The Labute approximate surface area is 342 Å². The molecule has 0 bridgehead atoms. The van der Waals surface area contributed by atoms with Gasteiger partial charge >= 0.3 is 5.97 Å². The van der Waals surface area contributed by atoms with Crippen LogP contribution in [0.1, 0.15) is 265 Å². The number of esters is 1. The number of aliphatic hydroxyl groups is 2. The highest BCUT2D eigenvalue weighted by atomic mass is 16.5. The van der Waals surface area contributed by atoms with E-state index in [9.17, 15) is 19.8 Å². The summed E-state index contributed by atoms with van der Waals surface area (Å²) >= 11 is 0. The van der Waals surface area contributed by atoms with Gasteiger partial charge in [0.05, 0.1) is 25.2 Å². The molecule has 0 aromatic carbocycles. The molecule has 0 spiro atoms. The van der Waals surface area contributed by atoms with Gasteiger partial charge in [0, 0.05) is 6.42 Å². The molecule has 0 saturated carbocycles. The summed E-state index contributed by atoms with van der Waals surface area (Å²) in [6, 6.07) is -0.701. The maximum Gasteiger partial charge on any atom is 0.306 e. The monoisotopic (exact) mass is 778 g/mol. The first-order valence-electron chi connectivity index (χ1n) is 24.4. The van der Waals surface area contributed by atoms with Crippen molar-refractivity contribution in [1.29, 1.82) is 0 Å². The molecule has 6 heteroatoms. The van der Waals surface area contributed by atoms with Crippen LogP contribution in [0.4, 0.5) is 0 Å². The topological polar surface area (TPSA) is 95.9 Å². The molecule has 1 amide bonds. The molecular weight excluding hydrogens is 683 g/mol. The average molecular weight is 778 g/mol. The SMILES string of the molecule is CCCCCCCCC/C=C\CCCC(CC(=O)NC(CO)C(O)CCCCCCCCCCC)OC(=O)CCCCCCCCCCCCCCCCC. The molecule has 0 aliphatic rings. The van der Waals surface area contributed by atoms with Crippen LogP contribution >= 0.6 is 0 Å². The molecule has 0 radical (unpaired) electrons. The summed E-state index contributed by atoms with van der Waals surface area (Å²) in [6.45, 7) is 6.46. The fourth-order valence-corrected chi connectivity index (χ4v) is 7.61. The van der Waals surface area contributed by atoms with E-state index in [1.54, 1.807) is 0 Å². The van der Waals surface area contributed by atoms with Gasteiger partial charge in [-0.25, -0.2) is 0 Å². The quantitative estimate of drug-likeness (QED) is 0.0325. The molecule has 0 rings (SSSR count). The van der Waals surface area contributed by atoms with E-state index in [4.69, 9.17) is 4.74 Å². The van der Waals surface area contributed by atoms with Gasteiger partial charge in [-0.2, -0.15) is 0 Å². The highest BCUT2D eigenvalue weighted by molar-refractivity contribution is 5.77. The smallest absolute Gasteiger partial charge is 0.306 e. The predicted octanol–water partition coefficient (Wildman–Crippen LogP) is 14.2. The van der Waals surface area contributed by atoms with Gasteiger partial charge in [-0.05, 0) is 44.9 Å². The van der Waals surface area contributed by atoms with Crippen LogP contribution in [0.15, 0.2) is 12.2 Å². The zero-order valence-corrected chi connectivity index (χ0v) is 37.1. The van der Waals surface area contributed by atoms with Crippen LogP contribution in [-0.2, 0) is 14.3 Å². The third-order valence-electron chi connectivity index (χ3n) is 11.3. The van der Waals surface area contributed by atoms with Crippen LogP contribution in [0.25, 0.3) is 0 Å². The number of carbonyl (C=O) groups excluding carboxylic acids is 2. The second-order valence-corrected chi connectivity index (χ2v) is 16.9. The van der Waals surface area contributed by atoms with Gasteiger partial charge in [0.1, 0.15) is 6.10 Å². The van der Waals surface area contributed by atoms with Gasteiger partial charge in [0.15, 0.2) is 0 Å². The van der Waals surface area contributed by atoms with Crippen molar-refractivity contribution < 1.29 is 24.5 Å². The number of hydrogen-bond donors (Lipinski definition) is 3. The first-order chi connectivity index (χ1) is 27.0. The number of hydrogen-bond acceptors (Lipinski definition) is 5. The molecule has 0 fully saturated rings. The predicted molar refractivity (Wildman–Crippen MR) is 237 cm³/mol. The molecule has 0 heterocycles. The standard InChI is InChI=1S/C49H95NO5/c1-4-7-10-13-16-19-21-23-24-25-27-30-33-36-39-42-49(54)55-45(40-37-34-31-29-26-22-20-17-14-11-8-5-2)43-48(53)50-46(44-51)47(52)41-38-35-32-28-18-15-12-9-6-3/h29,31,45-47,51-52H,4-28,30,32-44H2,1-3H3,(H,50,53)/b31-29-. The summed E-state index contributed by atoms with van der Waals surface area (Å²) in [4.78, 5) is 26.0. The van der Waals surface area contributed by atoms with E-state index in [1.165, 1.54) is 161 Å². The van der Waals surface area contributed by atoms with Crippen molar-refractivity contribution in [3.05, 3.63) is 12.2 Å². The third kappa shape index (κ3) is 39.2. The molecule has 6 nitrogen and oxygen atoms in total. The molecule has 0 aromatic heterocycles. The Hall–Kier alpha value is -1.40. The van der Waals surface area contributed by atoms with Crippen molar-refractivity contribution in [2.45, 2.75) is 283 Å². The lowest BCUT2D eigenvalue weighted by Crippen LogP contribution is -2.46. The fraction of sp³-hybridized carbons (Fsp3) is 0.918. The summed E-state index contributed by atoms with van der Waals surface area (Å²) in [5.41, 5.74) is 0. The zero-order chi connectivity index (χ0) is 40.3. The summed E-state index contributed by atoms with van der Waals surface area (Å²) in [5.74, 6) is -0.490. The fourth-order valence-electron chi connectivity index (χ4n) is 7.61. The Bertz CT molecular complexity index is 832. The van der Waals surface area contributed by atoms with Crippen molar-refractivity contribution in [3.63, 3.8) is 0 Å². The number of aliphatic hydroxyl groups excluding tert-OH is 2. The van der Waals surface area contributed by atoms with E-state index in [0.717, 1.165) is 57.8 Å². The Kier molecular flexibility index (Phi) is 42.6. The zero-order valence-electron chi connectivity index (χ0n) is 37.1. The Morgan fingerprint density at radius 3 is 1.33 bits per heavy atom. The number of nitrogens with one attached hydrogen (secondary N) is 1. The minimum Gasteiger partial charge on any atom is -0.462 e. The van der Waals surface area contributed by atoms with Crippen LogP contribution in [0.3, 0.4) is 0 Å². The highest BCUT2D eigenvalue weighted by Crippen LogP contribution is 2.17. The van der Waals surface area contributed by atoms with Crippen LogP contribution in [0, 0.1) is 0 Å². The van der Waals surface area contributed by atoms with E-state index in [-0.39, 0.29) is 24.9 Å². The van der Waals surface area contributed by atoms with Gasteiger partial charge in [-0.15, -0.1) is 0 Å². The summed E-state index contributed by atoms with van der Waals surface area (Å²) < 4.78 is 5.90. The van der Waals surface area contributed by atoms with Crippen LogP contribution in [-0.4, -0.2) is 46.9 Å². The minimum absolute atomic E-state index is 0.0631. The first-order valence-corrected chi connectivity index (χ1v) is 24.4. The van der Waals surface area contributed by atoms with Gasteiger partial charge < -0.3 is 20.3 Å². The number of ether oxygens (including phenoxy) is 1. The van der Waals surface area contributed by atoms with Crippen molar-refractivity contribution in [1.82, 2.24) is 5.32 Å². The molecule has 3 N–H and O–H groups in total. The lowest BCUT2D eigenvalue weighted by atomic mass is 10.0. The minimum atomic E-state index is -0.786. The first kappa shape index (κ1) is 53.6. The van der Waals surface area contributed by atoms with Gasteiger partial charge in [0.2, 0.25) is 5.91 Å². The van der Waals surface area contributed by atoms with Crippen LogP contribution in [0.2, 0.25) is 0 Å². The molecule has 55 heavy (non-hydrogen) atoms. The Morgan fingerprint density at radius 2 is 0.891 bits per heavy atom. The van der Waals surface area contributed by atoms with E-state index in [1.807, 2.05) is 0 Å². The van der Waals surface area contributed by atoms with Crippen LogP contribution in [0.5, 0.6) is 0 Å². The van der Waals surface area contributed by atoms with Crippen molar-refractivity contribution in [2.75, 3.05) is 6.61 Å². The number of carbonyl (C=O) groups is 2. The second-order valence-electron chi connectivity index (χ2n) is 16.9. The number of unbranched alkanes of at least 4 members (excludes halogenated alkanes) is 30. The van der Waals surface area contributed by atoms with E-state index in [0.29, 0.717) is 19.3 Å². The number of allylic oxidation sites excluding steroid dienone is 2. The Balaban J connectivity index is 4.55. The Morgan fingerprint density at radius 1 is 0.509 bits per heavy atom. The van der Waals surface area contributed by atoms with Crippen molar-refractivity contribution in [2.24, 2.45) is 0 Å². The molecule has 0 aliphatic heterocycles. The maximum absolute atomic E-state index is 13.1. The molecule has 0 aromatic rings. The molecule has 3 unspecified atom stereocenters. The van der Waals surface area contributed by atoms with Crippen LogP contribution < -0.4 is 5.32 Å². The lowest BCUT2D eigenvalue weighted by molar-refractivity contribution is -0.151. The number of rotatable bonds is 44. The average Bonchev–Trinajstić information content (AvgIpc) is 3.18. The summed E-state index contributed by atoms with van der Waals surface area (Å²) in [6.07, 6.45) is 47.1. The largest absolute Gasteiger partial charge is 0.462 e. The third-order valence-corrected chi connectivity index (χ3v) is 11.3. The summed E-state index contributed by atoms with van der Waals surface area (Å²) in [7, 11) is 0. The van der Waals surface area contributed by atoms with Gasteiger partial charge in [0.25, 0.3) is 0 Å². The highest BCUT2D eigenvalue weighted by Gasteiger charge is 2.24. The van der Waals surface area contributed by atoms with Gasteiger partial charge in [-0.3, -0.25) is 9.59 Å². The van der Waals surface area contributed by atoms with E-state index < -0.39 is 18.2 Å². The number of amides is 1. The molecule has 326 valence electrons.